The first-order valence-corrected chi connectivity index (χ1v) is 14.0. The molecule has 0 atom stereocenters. The number of ketones is 1. The molecule has 0 aliphatic rings. The summed E-state index contributed by atoms with van der Waals surface area (Å²) in [5, 5.41) is 8.21. The fourth-order valence-electron chi connectivity index (χ4n) is 3.09. The Morgan fingerprint density at radius 2 is 1.39 bits per heavy atom. The third kappa shape index (κ3) is 10.3. The number of carbonyl (C=O) groups excluding carboxylic acids is 1. The molecule has 3 aromatic carbocycles. The van der Waals surface area contributed by atoms with Gasteiger partial charge in [0.1, 0.15) is 10.6 Å². The van der Waals surface area contributed by atoms with E-state index in [9.17, 15) is 21.6 Å². The van der Waals surface area contributed by atoms with Gasteiger partial charge in [0.25, 0.3) is 10.2 Å². The lowest BCUT2D eigenvalue weighted by Crippen LogP contribution is -2.35. The van der Waals surface area contributed by atoms with Crippen LogP contribution in [0, 0.1) is 6.92 Å². The number of carbonyl (C=O) groups is 1. The van der Waals surface area contributed by atoms with Crippen LogP contribution in [0.4, 0.5) is 0 Å². The maximum absolute atomic E-state index is 12.8. The highest BCUT2D eigenvalue weighted by molar-refractivity contribution is 7.87. The van der Waals surface area contributed by atoms with Crippen molar-refractivity contribution >= 4 is 26.1 Å². The summed E-state index contributed by atoms with van der Waals surface area (Å²) in [5.74, 6) is 0.139. The van der Waals surface area contributed by atoms with Crippen LogP contribution < -0.4 is 14.5 Å². The predicted molar refractivity (Wildman–Crippen MR) is 139 cm³/mol. The van der Waals surface area contributed by atoms with Crippen LogP contribution in [0.1, 0.15) is 35.3 Å². The van der Waals surface area contributed by atoms with E-state index in [1.54, 1.807) is 24.3 Å². The summed E-state index contributed by atoms with van der Waals surface area (Å²) in [4.78, 5) is 15.0. The van der Waals surface area contributed by atoms with Crippen molar-refractivity contribution in [2.45, 2.75) is 38.3 Å². The summed E-state index contributed by atoms with van der Waals surface area (Å²) < 4.78 is 48.4. The average molecular weight is 534 g/mol. The highest BCUT2D eigenvalue weighted by atomic mass is 32.2. The highest BCUT2D eigenvalue weighted by Crippen LogP contribution is 2.20. The Kier molecular flexibility index (Phi) is 10.3. The van der Waals surface area contributed by atoms with Crippen LogP contribution in [0.5, 0.6) is 5.75 Å². The Morgan fingerprint density at radius 1 is 0.861 bits per heavy atom. The summed E-state index contributed by atoms with van der Waals surface area (Å²) in [7, 11) is -7.59. The maximum Gasteiger partial charge on any atom is 0.339 e. The molecule has 0 spiro atoms. The van der Waals surface area contributed by atoms with Gasteiger partial charge in [0.05, 0.1) is 6.54 Å². The van der Waals surface area contributed by atoms with Crippen LogP contribution >= 0.6 is 0 Å². The molecular weight excluding hydrogens is 502 g/mol. The normalized spacial score (nSPS) is 11.6. The third-order valence-corrected chi connectivity index (χ3v) is 6.26. The van der Waals surface area contributed by atoms with Crippen LogP contribution in [0.3, 0.4) is 0 Å². The molecule has 0 heterocycles. The van der Waals surface area contributed by atoms with Crippen LogP contribution in [-0.4, -0.2) is 40.1 Å². The molecule has 0 fully saturated rings. The minimum absolute atomic E-state index is 0.0300. The number of benzene rings is 3. The number of rotatable bonds is 9. The lowest BCUT2D eigenvalue weighted by molar-refractivity contribution is 0.0898. The van der Waals surface area contributed by atoms with E-state index in [0.29, 0.717) is 12.1 Å². The van der Waals surface area contributed by atoms with Crippen molar-refractivity contribution in [2.75, 3.05) is 6.54 Å². The Hall–Kier alpha value is -3.09. The highest BCUT2D eigenvalue weighted by Gasteiger charge is 2.18. The van der Waals surface area contributed by atoms with Crippen molar-refractivity contribution in [1.29, 1.82) is 0 Å². The molecule has 4 N–H and O–H groups in total. The monoisotopic (exact) mass is 533 g/mol. The van der Waals surface area contributed by atoms with E-state index in [4.69, 9.17) is 4.18 Å². The molecule has 0 bridgehead atoms. The summed E-state index contributed by atoms with van der Waals surface area (Å²) >= 11 is 0. The largest absolute Gasteiger partial charge is 0.379 e. The molecule has 9 nitrogen and oxygen atoms in total. The maximum atomic E-state index is 12.8. The van der Waals surface area contributed by atoms with Crippen molar-refractivity contribution in [3.8, 4) is 5.75 Å². The van der Waals surface area contributed by atoms with Crippen LogP contribution in [0.15, 0.2) is 83.8 Å². The zero-order valence-corrected chi connectivity index (χ0v) is 22.0. The molecule has 194 valence electrons. The molecule has 36 heavy (non-hydrogen) atoms. The second-order valence-electron chi connectivity index (χ2n) is 8.37. The first kappa shape index (κ1) is 29.1. The number of nitrogens with two attached hydrogens (primary N) is 2. The zero-order valence-electron chi connectivity index (χ0n) is 20.4. The number of Topliss-reactive ketones (excluding diaryl/α,β-unsaturated/α-hetero) is 1. The van der Waals surface area contributed by atoms with Crippen molar-refractivity contribution in [1.82, 2.24) is 4.90 Å². The van der Waals surface area contributed by atoms with E-state index in [1.807, 2.05) is 37.3 Å². The van der Waals surface area contributed by atoms with Gasteiger partial charge in [-0.1, -0.05) is 48.0 Å². The molecule has 0 saturated carbocycles. The molecule has 0 aliphatic carbocycles. The number of hydrogen-bond donors (Lipinski definition) is 2. The molecule has 3 aromatic rings. The number of hydrogen-bond acceptors (Lipinski definition) is 7. The topological polar surface area (TPSA) is 150 Å². The molecular formula is C25H31N3O6S2. The van der Waals surface area contributed by atoms with Gasteiger partial charge in [-0.3, -0.25) is 9.69 Å². The van der Waals surface area contributed by atoms with Crippen molar-refractivity contribution in [2.24, 2.45) is 10.3 Å². The lowest BCUT2D eigenvalue weighted by Gasteiger charge is -2.25. The van der Waals surface area contributed by atoms with Crippen LogP contribution in [-0.2, 0) is 26.9 Å². The molecule has 11 heteroatoms. The van der Waals surface area contributed by atoms with Gasteiger partial charge in [0.15, 0.2) is 5.78 Å². The van der Waals surface area contributed by atoms with Gasteiger partial charge >= 0.3 is 10.1 Å². The standard InChI is InChI=1S/C25H27NO4S.H4N2O2S/c1-19(2)26(17-21-7-5-4-6-8-21)18-25(27)22-11-13-23(14-12-22)30-31(28,29)24-15-9-20(3)10-16-24;1-5(2,3)4/h4-16,19H,17-18H2,1-3H3;(H4,1,2,3,4). The quantitative estimate of drug-likeness (QED) is 0.317. The van der Waals surface area contributed by atoms with E-state index < -0.39 is 20.3 Å². The van der Waals surface area contributed by atoms with Crippen molar-refractivity contribution < 1.29 is 25.8 Å². The summed E-state index contributed by atoms with van der Waals surface area (Å²) in [5.41, 5.74) is 2.62. The van der Waals surface area contributed by atoms with Crippen LogP contribution in [0.25, 0.3) is 0 Å². The van der Waals surface area contributed by atoms with Gasteiger partial charge < -0.3 is 4.18 Å². The predicted octanol–water partition coefficient (Wildman–Crippen LogP) is 3.00. The molecule has 0 radical (unpaired) electrons. The first-order chi connectivity index (χ1) is 16.7. The van der Waals surface area contributed by atoms with E-state index in [-0.39, 0.29) is 29.0 Å². The van der Waals surface area contributed by atoms with Crippen molar-refractivity contribution in [3.05, 3.63) is 95.6 Å². The fraction of sp³-hybridized carbons (Fsp3) is 0.240. The number of nitrogens with zero attached hydrogens (tertiary/aromatic N) is 1. The van der Waals surface area contributed by atoms with E-state index >= 15 is 0 Å². The Morgan fingerprint density at radius 3 is 1.89 bits per heavy atom. The molecule has 0 saturated heterocycles. The van der Waals surface area contributed by atoms with E-state index in [1.165, 1.54) is 24.3 Å². The Balaban J connectivity index is 0.000000830. The zero-order chi connectivity index (χ0) is 26.9. The first-order valence-electron chi connectivity index (χ1n) is 11.0. The minimum atomic E-state index is -3.92. The molecule has 0 amide bonds. The summed E-state index contributed by atoms with van der Waals surface area (Å²) in [6, 6.07) is 22.9. The third-order valence-electron chi connectivity index (χ3n) is 5.00. The van der Waals surface area contributed by atoms with Gasteiger partial charge in [0, 0.05) is 18.2 Å². The lowest BCUT2D eigenvalue weighted by atomic mass is 10.1. The second kappa shape index (κ2) is 12.7. The van der Waals surface area contributed by atoms with Crippen LogP contribution in [0.2, 0.25) is 0 Å². The van der Waals surface area contributed by atoms with E-state index in [0.717, 1.165) is 11.1 Å². The fourth-order valence-corrected chi connectivity index (χ4v) is 4.02. The minimum Gasteiger partial charge on any atom is -0.379 e. The summed E-state index contributed by atoms with van der Waals surface area (Å²) in [6.45, 7) is 6.95. The van der Waals surface area contributed by atoms with Crippen molar-refractivity contribution in [3.63, 3.8) is 0 Å². The van der Waals surface area contributed by atoms with Gasteiger partial charge in [-0.25, -0.2) is 10.3 Å². The molecule has 0 aromatic heterocycles. The van der Waals surface area contributed by atoms with Gasteiger partial charge in [0.2, 0.25) is 0 Å². The van der Waals surface area contributed by atoms with Gasteiger partial charge in [-0.2, -0.15) is 16.8 Å². The molecule has 0 unspecified atom stereocenters. The molecule has 3 rings (SSSR count). The summed E-state index contributed by atoms with van der Waals surface area (Å²) in [6.07, 6.45) is 0. The Labute approximate surface area is 213 Å². The van der Waals surface area contributed by atoms with Gasteiger partial charge in [-0.15, -0.1) is 0 Å². The SMILES string of the molecule is Cc1ccc(S(=O)(=O)Oc2ccc(C(=O)CN(Cc3ccccc3)C(C)C)cc2)cc1.NS(N)(=O)=O. The Bertz CT molecular complexity index is 1330. The smallest absolute Gasteiger partial charge is 0.339 e. The second-order valence-corrected chi connectivity index (χ2v) is 11.1. The number of aryl methyl sites for hydroxylation is 1. The average Bonchev–Trinajstić information content (AvgIpc) is 2.78. The molecule has 0 aliphatic heterocycles. The van der Waals surface area contributed by atoms with E-state index in [2.05, 4.69) is 29.0 Å². The van der Waals surface area contributed by atoms with Gasteiger partial charge in [-0.05, 0) is 62.7 Å².